The van der Waals surface area contributed by atoms with Crippen LogP contribution in [-0.4, -0.2) is 29.5 Å². The van der Waals surface area contributed by atoms with Crippen molar-refractivity contribution in [2.45, 2.75) is 46.6 Å². The van der Waals surface area contributed by atoms with Gasteiger partial charge in [-0.25, -0.2) is 4.98 Å². The second kappa shape index (κ2) is 7.63. The second-order valence-electron chi connectivity index (χ2n) is 6.34. The predicted octanol–water partition coefficient (Wildman–Crippen LogP) is 3.77. The van der Waals surface area contributed by atoms with Crippen molar-refractivity contribution in [1.29, 1.82) is 0 Å². The summed E-state index contributed by atoms with van der Waals surface area (Å²) in [6.45, 7) is 11.4. The molecule has 0 aromatic carbocycles. The first-order valence-electron chi connectivity index (χ1n) is 8.10. The van der Waals surface area contributed by atoms with Crippen LogP contribution in [0, 0.1) is 11.8 Å². The van der Waals surface area contributed by atoms with Crippen LogP contribution in [0.5, 0.6) is 0 Å². The molecule has 0 aliphatic carbocycles. The van der Waals surface area contributed by atoms with Crippen LogP contribution in [0.2, 0.25) is 0 Å². The van der Waals surface area contributed by atoms with E-state index in [1.54, 1.807) is 0 Å². The van der Waals surface area contributed by atoms with E-state index in [2.05, 4.69) is 48.1 Å². The lowest BCUT2D eigenvalue weighted by Crippen LogP contribution is -2.34. The van der Waals surface area contributed by atoms with Crippen LogP contribution in [0.4, 0.5) is 5.82 Å². The molecular weight excluding hydrogens is 246 g/mol. The Labute approximate surface area is 123 Å². The summed E-state index contributed by atoms with van der Waals surface area (Å²) in [4.78, 5) is 7.05. The van der Waals surface area contributed by atoms with Crippen molar-refractivity contribution in [1.82, 2.24) is 9.88 Å². The molecule has 0 saturated carbocycles. The largest absolute Gasteiger partial charge is 0.370 e. The lowest BCUT2D eigenvalue weighted by Gasteiger charge is -2.33. The molecule has 2 heterocycles. The van der Waals surface area contributed by atoms with Gasteiger partial charge in [0.2, 0.25) is 0 Å². The minimum Gasteiger partial charge on any atom is -0.370 e. The number of hydrogen-bond donors (Lipinski definition) is 1. The van der Waals surface area contributed by atoms with E-state index in [0.717, 1.165) is 37.2 Å². The van der Waals surface area contributed by atoms with Gasteiger partial charge in [-0.15, -0.1) is 0 Å². The fourth-order valence-corrected chi connectivity index (χ4v) is 2.91. The van der Waals surface area contributed by atoms with E-state index in [1.165, 1.54) is 31.5 Å². The van der Waals surface area contributed by atoms with Crippen molar-refractivity contribution >= 4 is 5.82 Å². The third-order valence-electron chi connectivity index (χ3n) is 4.36. The van der Waals surface area contributed by atoms with E-state index >= 15 is 0 Å². The molecule has 112 valence electrons. The van der Waals surface area contributed by atoms with Gasteiger partial charge < -0.3 is 5.32 Å². The molecule has 0 bridgehead atoms. The Balaban J connectivity index is 1.79. The number of nitrogens with zero attached hydrogens (tertiary/aromatic N) is 2. The predicted molar refractivity (Wildman–Crippen MR) is 85.9 cm³/mol. The molecule has 0 radical (unpaired) electrons. The summed E-state index contributed by atoms with van der Waals surface area (Å²) < 4.78 is 0. The first-order valence-corrected chi connectivity index (χ1v) is 8.10. The zero-order valence-corrected chi connectivity index (χ0v) is 13.2. The van der Waals surface area contributed by atoms with Gasteiger partial charge >= 0.3 is 0 Å². The monoisotopic (exact) mass is 275 g/mol. The Morgan fingerprint density at radius 1 is 1.30 bits per heavy atom. The molecule has 1 N–H and O–H groups in total. The zero-order chi connectivity index (χ0) is 14.4. The Morgan fingerprint density at radius 3 is 2.60 bits per heavy atom. The van der Waals surface area contributed by atoms with Crippen LogP contribution in [0.15, 0.2) is 18.3 Å². The molecule has 1 saturated heterocycles. The number of anilines is 1. The smallest absolute Gasteiger partial charge is 0.125 e. The third-order valence-corrected chi connectivity index (χ3v) is 4.36. The van der Waals surface area contributed by atoms with E-state index in [-0.39, 0.29) is 0 Å². The SMILES string of the molecule is CCCNc1ccc(CN2CCC(C(C)C)CC2)cn1. The molecule has 20 heavy (non-hydrogen) atoms. The second-order valence-corrected chi connectivity index (χ2v) is 6.34. The fraction of sp³-hybridized carbons (Fsp3) is 0.706. The Kier molecular flexibility index (Phi) is 5.84. The van der Waals surface area contributed by atoms with E-state index in [1.807, 2.05) is 6.20 Å². The molecule has 3 heteroatoms. The number of rotatable bonds is 6. The maximum Gasteiger partial charge on any atom is 0.125 e. The van der Waals surface area contributed by atoms with Crippen LogP contribution in [0.1, 0.15) is 45.6 Å². The van der Waals surface area contributed by atoms with Gasteiger partial charge in [0.25, 0.3) is 0 Å². The van der Waals surface area contributed by atoms with E-state index in [9.17, 15) is 0 Å². The molecule has 0 spiro atoms. The molecule has 1 aliphatic heterocycles. The number of hydrogen-bond acceptors (Lipinski definition) is 3. The van der Waals surface area contributed by atoms with Gasteiger partial charge in [-0.1, -0.05) is 26.8 Å². The molecule has 0 atom stereocenters. The lowest BCUT2D eigenvalue weighted by molar-refractivity contribution is 0.152. The van der Waals surface area contributed by atoms with Gasteiger partial charge in [0.05, 0.1) is 0 Å². The van der Waals surface area contributed by atoms with Crippen LogP contribution >= 0.6 is 0 Å². The highest BCUT2D eigenvalue weighted by molar-refractivity contribution is 5.35. The maximum absolute atomic E-state index is 4.49. The Bertz CT molecular complexity index is 378. The highest BCUT2D eigenvalue weighted by Crippen LogP contribution is 2.25. The number of piperidine rings is 1. The summed E-state index contributed by atoms with van der Waals surface area (Å²) in [5.74, 6) is 2.75. The first-order chi connectivity index (χ1) is 9.69. The summed E-state index contributed by atoms with van der Waals surface area (Å²) >= 11 is 0. The third kappa shape index (κ3) is 4.48. The molecule has 2 rings (SSSR count). The highest BCUT2D eigenvalue weighted by atomic mass is 15.1. The minimum absolute atomic E-state index is 0.836. The van der Waals surface area contributed by atoms with E-state index in [4.69, 9.17) is 0 Å². The fourth-order valence-electron chi connectivity index (χ4n) is 2.91. The van der Waals surface area contributed by atoms with Crippen molar-refractivity contribution in [3.63, 3.8) is 0 Å². The van der Waals surface area contributed by atoms with Crippen LogP contribution in [0.25, 0.3) is 0 Å². The average Bonchev–Trinajstić information content (AvgIpc) is 2.47. The van der Waals surface area contributed by atoms with Crippen molar-refractivity contribution in [2.75, 3.05) is 25.0 Å². The molecule has 1 aromatic rings. The van der Waals surface area contributed by atoms with Gasteiger partial charge in [-0.05, 0) is 55.8 Å². The molecular formula is C17H29N3. The van der Waals surface area contributed by atoms with Gasteiger partial charge in [-0.2, -0.15) is 0 Å². The van der Waals surface area contributed by atoms with E-state index < -0.39 is 0 Å². The molecule has 0 amide bonds. The number of pyridine rings is 1. The summed E-state index contributed by atoms with van der Waals surface area (Å²) in [7, 11) is 0. The topological polar surface area (TPSA) is 28.2 Å². The molecule has 1 fully saturated rings. The van der Waals surface area contributed by atoms with Crippen molar-refractivity contribution in [2.24, 2.45) is 11.8 Å². The van der Waals surface area contributed by atoms with Gasteiger partial charge in [0.15, 0.2) is 0 Å². The molecule has 3 nitrogen and oxygen atoms in total. The first kappa shape index (κ1) is 15.3. The summed E-state index contributed by atoms with van der Waals surface area (Å²) in [6, 6.07) is 4.31. The Hall–Kier alpha value is -1.09. The maximum atomic E-state index is 4.49. The van der Waals surface area contributed by atoms with Crippen LogP contribution < -0.4 is 5.32 Å². The molecule has 0 unspecified atom stereocenters. The number of likely N-dealkylation sites (tertiary alicyclic amines) is 1. The minimum atomic E-state index is 0.836. The van der Waals surface area contributed by atoms with Crippen molar-refractivity contribution in [3.8, 4) is 0 Å². The molecule has 1 aromatic heterocycles. The Morgan fingerprint density at radius 2 is 2.05 bits per heavy atom. The number of aromatic nitrogens is 1. The number of nitrogens with one attached hydrogen (secondary N) is 1. The standard InChI is InChI=1S/C17H29N3/c1-4-9-18-17-6-5-15(12-19-17)13-20-10-7-16(8-11-20)14(2)3/h5-6,12,14,16H,4,7-11,13H2,1-3H3,(H,18,19). The summed E-state index contributed by atoms with van der Waals surface area (Å²) in [5.41, 5.74) is 1.33. The quantitative estimate of drug-likeness (QED) is 0.856. The lowest BCUT2D eigenvalue weighted by atomic mass is 9.86. The summed E-state index contributed by atoms with van der Waals surface area (Å²) in [6.07, 6.45) is 5.85. The van der Waals surface area contributed by atoms with Crippen LogP contribution in [-0.2, 0) is 6.54 Å². The van der Waals surface area contributed by atoms with Crippen molar-refractivity contribution in [3.05, 3.63) is 23.9 Å². The van der Waals surface area contributed by atoms with Crippen LogP contribution in [0.3, 0.4) is 0 Å². The summed E-state index contributed by atoms with van der Waals surface area (Å²) in [5, 5.41) is 3.32. The van der Waals surface area contributed by atoms with Gasteiger partial charge in [-0.3, -0.25) is 4.90 Å². The van der Waals surface area contributed by atoms with Gasteiger partial charge in [0, 0.05) is 19.3 Å². The van der Waals surface area contributed by atoms with Gasteiger partial charge in [0.1, 0.15) is 5.82 Å². The highest BCUT2D eigenvalue weighted by Gasteiger charge is 2.21. The van der Waals surface area contributed by atoms with E-state index in [0.29, 0.717) is 0 Å². The zero-order valence-electron chi connectivity index (χ0n) is 13.2. The molecule has 1 aliphatic rings. The van der Waals surface area contributed by atoms with Crippen molar-refractivity contribution < 1.29 is 0 Å². The average molecular weight is 275 g/mol. The normalized spacial score (nSPS) is 17.6.